The molecule has 2 unspecified atom stereocenters. The number of rotatable bonds is 7. The van der Waals surface area contributed by atoms with E-state index in [0.29, 0.717) is 19.6 Å². The zero-order valence-electron chi connectivity index (χ0n) is 17.8. The Morgan fingerprint density at radius 3 is 2.29 bits per heavy atom. The Morgan fingerprint density at radius 2 is 1.82 bits per heavy atom. The lowest BCUT2D eigenvalue weighted by molar-refractivity contribution is -0.179. The number of nitrogens with two attached hydrogens (primary N) is 1. The van der Waals surface area contributed by atoms with Crippen LogP contribution in [0.4, 0.5) is 5.69 Å². The molecular weight excluding hydrogens is 378 g/mol. The van der Waals surface area contributed by atoms with E-state index in [1.807, 2.05) is 59.7 Å². The van der Waals surface area contributed by atoms with Crippen molar-refractivity contribution in [2.45, 2.75) is 59.6 Å². The van der Waals surface area contributed by atoms with E-state index < -0.39 is 11.0 Å². The third kappa shape index (κ3) is 4.34. The lowest BCUT2D eigenvalue weighted by Gasteiger charge is -2.58. The average Bonchev–Trinajstić information content (AvgIpc) is 2.62. The summed E-state index contributed by atoms with van der Waals surface area (Å²) in [6.07, 6.45) is 0.431. The first-order valence-corrected chi connectivity index (χ1v) is 9.64. The Morgan fingerprint density at radius 1 is 1.25 bits per heavy atom. The molecule has 1 fully saturated rings. The van der Waals surface area contributed by atoms with Gasteiger partial charge in [0, 0.05) is 30.7 Å². The largest absolute Gasteiger partial charge is 0.378 e. The zero-order chi connectivity index (χ0) is 20.4. The van der Waals surface area contributed by atoms with Gasteiger partial charge in [0.2, 0.25) is 11.8 Å². The van der Waals surface area contributed by atoms with E-state index in [-0.39, 0.29) is 36.9 Å². The molecule has 1 aromatic carbocycles. The Bertz CT molecular complexity index is 703. The lowest BCUT2D eigenvalue weighted by atomic mass is 9.54. The Balaban J connectivity index is 0.00000392. The minimum atomic E-state index is -1.01. The smallest absolute Gasteiger partial charge is 0.244 e. The molecule has 0 spiro atoms. The van der Waals surface area contributed by atoms with Gasteiger partial charge in [-0.2, -0.15) is 0 Å². The van der Waals surface area contributed by atoms with Gasteiger partial charge in [-0.25, -0.2) is 0 Å². The molecule has 0 heterocycles. The third-order valence-corrected chi connectivity index (χ3v) is 5.96. The second kappa shape index (κ2) is 9.25. The number of nitrogens with one attached hydrogen (secondary N) is 1. The van der Waals surface area contributed by atoms with E-state index in [2.05, 4.69) is 5.32 Å². The van der Waals surface area contributed by atoms with Crippen LogP contribution in [0.25, 0.3) is 0 Å². The number of anilines is 1. The average molecular weight is 412 g/mol. The highest BCUT2D eigenvalue weighted by Gasteiger charge is 2.63. The van der Waals surface area contributed by atoms with Crippen molar-refractivity contribution in [3.63, 3.8) is 0 Å². The maximum atomic E-state index is 13.1. The summed E-state index contributed by atoms with van der Waals surface area (Å²) in [5.41, 5.74) is 7.79. The molecular formula is C21H34ClN3O3. The van der Waals surface area contributed by atoms with E-state index in [1.54, 1.807) is 0 Å². The number of halogens is 1. The molecule has 1 aliphatic rings. The van der Waals surface area contributed by atoms with Gasteiger partial charge in [-0.3, -0.25) is 9.59 Å². The molecule has 0 saturated heterocycles. The molecule has 1 aliphatic carbocycles. The molecule has 158 valence electrons. The molecule has 28 heavy (non-hydrogen) atoms. The van der Waals surface area contributed by atoms with Crippen molar-refractivity contribution < 1.29 is 14.3 Å². The highest BCUT2D eigenvalue weighted by molar-refractivity contribution is 5.97. The number of hydrogen-bond acceptors (Lipinski definition) is 4. The first kappa shape index (κ1) is 24.4. The Hall–Kier alpha value is -1.63. The number of ether oxygens (including phenoxy) is 1. The van der Waals surface area contributed by atoms with Gasteiger partial charge in [0.15, 0.2) is 0 Å². The van der Waals surface area contributed by atoms with Gasteiger partial charge < -0.3 is 20.7 Å². The van der Waals surface area contributed by atoms with E-state index in [1.165, 1.54) is 4.90 Å². The fraction of sp³-hybridized carbons (Fsp3) is 0.619. The van der Waals surface area contributed by atoms with Crippen LogP contribution in [-0.2, 0) is 14.3 Å². The third-order valence-electron chi connectivity index (χ3n) is 5.96. The molecule has 1 saturated carbocycles. The number of nitrogens with zero attached hydrogens (tertiary/aromatic N) is 1. The van der Waals surface area contributed by atoms with E-state index >= 15 is 0 Å². The number of likely N-dealkylation sites (N-methyl/N-ethyl adjacent to an activating group) is 1. The molecule has 0 radical (unpaired) electrons. The van der Waals surface area contributed by atoms with Gasteiger partial charge in [0.1, 0.15) is 5.54 Å². The molecule has 2 rings (SSSR count). The van der Waals surface area contributed by atoms with Gasteiger partial charge in [0.25, 0.3) is 0 Å². The van der Waals surface area contributed by atoms with Gasteiger partial charge in [-0.1, -0.05) is 32.0 Å². The van der Waals surface area contributed by atoms with Crippen LogP contribution in [0.15, 0.2) is 18.2 Å². The normalized spacial score (nSPS) is 22.6. The number of aryl methyl sites for hydroxylation is 2. The number of carbonyl (C=O) groups excluding carboxylic acids is 2. The summed E-state index contributed by atoms with van der Waals surface area (Å²) in [5, 5.41) is 2.94. The fourth-order valence-electron chi connectivity index (χ4n) is 3.77. The Kier molecular flexibility index (Phi) is 8.06. The Labute approximate surface area is 174 Å². The molecule has 0 aliphatic heterocycles. The van der Waals surface area contributed by atoms with E-state index in [0.717, 1.165) is 16.8 Å². The second-order valence-corrected chi connectivity index (χ2v) is 7.98. The SMILES string of the molecule is CCOC1CC(N)(C(=O)N(CC)CC(=O)Nc2c(C)cccc2C)C1(C)C.Cl. The summed E-state index contributed by atoms with van der Waals surface area (Å²) in [7, 11) is 0. The minimum Gasteiger partial charge on any atom is -0.378 e. The van der Waals surface area contributed by atoms with Gasteiger partial charge in [-0.15, -0.1) is 12.4 Å². The first-order chi connectivity index (χ1) is 12.6. The van der Waals surface area contributed by atoms with E-state index in [4.69, 9.17) is 10.5 Å². The number of para-hydroxylation sites is 1. The summed E-state index contributed by atoms with van der Waals surface area (Å²) in [4.78, 5) is 27.2. The van der Waals surface area contributed by atoms with Crippen LogP contribution >= 0.6 is 12.4 Å². The van der Waals surface area contributed by atoms with Crippen molar-refractivity contribution in [1.29, 1.82) is 0 Å². The van der Waals surface area contributed by atoms with Crippen LogP contribution in [0.3, 0.4) is 0 Å². The quantitative estimate of drug-likeness (QED) is 0.722. The minimum absolute atomic E-state index is 0. The van der Waals surface area contributed by atoms with Crippen molar-refractivity contribution >= 4 is 29.9 Å². The predicted molar refractivity (Wildman–Crippen MR) is 115 cm³/mol. The maximum Gasteiger partial charge on any atom is 0.244 e. The summed E-state index contributed by atoms with van der Waals surface area (Å²) >= 11 is 0. The molecule has 0 aromatic heterocycles. The van der Waals surface area contributed by atoms with Crippen LogP contribution in [-0.4, -0.2) is 48.1 Å². The zero-order valence-corrected chi connectivity index (χ0v) is 18.6. The fourth-order valence-corrected chi connectivity index (χ4v) is 3.77. The molecule has 7 heteroatoms. The summed E-state index contributed by atoms with van der Waals surface area (Å²) < 4.78 is 5.71. The molecule has 3 N–H and O–H groups in total. The van der Waals surface area contributed by atoms with Crippen LogP contribution < -0.4 is 11.1 Å². The number of amides is 2. The number of hydrogen-bond donors (Lipinski definition) is 2. The van der Waals surface area contributed by atoms with Crippen molar-refractivity contribution in [3.8, 4) is 0 Å². The van der Waals surface area contributed by atoms with Crippen molar-refractivity contribution in [2.75, 3.05) is 25.0 Å². The van der Waals surface area contributed by atoms with Crippen LogP contribution in [0.5, 0.6) is 0 Å². The van der Waals surface area contributed by atoms with Crippen LogP contribution in [0.1, 0.15) is 45.2 Å². The van der Waals surface area contributed by atoms with Crippen molar-refractivity contribution in [1.82, 2.24) is 4.90 Å². The van der Waals surface area contributed by atoms with Gasteiger partial charge in [-0.05, 0) is 38.8 Å². The molecule has 0 bridgehead atoms. The number of benzene rings is 1. The summed E-state index contributed by atoms with van der Waals surface area (Å²) in [6.45, 7) is 12.6. The van der Waals surface area contributed by atoms with Crippen LogP contribution in [0.2, 0.25) is 0 Å². The first-order valence-electron chi connectivity index (χ1n) is 9.64. The molecule has 1 aromatic rings. The lowest BCUT2D eigenvalue weighted by Crippen LogP contribution is -2.76. The highest BCUT2D eigenvalue weighted by Crippen LogP contribution is 2.50. The highest BCUT2D eigenvalue weighted by atomic mass is 35.5. The van der Waals surface area contributed by atoms with Gasteiger partial charge in [0.05, 0.1) is 12.6 Å². The van der Waals surface area contributed by atoms with Gasteiger partial charge >= 0.3 is 0 Å². The monoisotopic (exact) mass is 411 g/mol. The van der Waals surface area contributed by atoms with Crippen molar-refractivity contribution in [2.24, 2.45) is 11.1 Å². The number of carbonyl (C=O) groups is 2. The summed E-state index contributed by atoms with van der Waals surface area (Å²) in [5.74, 6) is -0.410. The predicted octanol–water partition coefficient (Wildman–Crippen LogP) is 3.04. The molecule has 2 amide bonds. The van der Waals surface area contributed by atoms with Crippen molar-refractivity contribution in [3.05, 3.63) is 29.3 Å². The molecule has 6 nitrogen and oxygen atoms in total. The van der Waals surface area contributed by atoms with Crippen LogP contribution in [0, 0.1) is 19.3 Å². The second-order valence-electron chi connectivity index (χ2n) is 7.98. The topological polar surface area (TPSA) is 84.7 Å². The van der Waals surface area contributed by atoms with E-state index in [9.17, 15) is 9.59 Å². The molecule has 2 atom stereocenters. The standard InChI is InChI=1S/C21H33N3O3.ClH/c1-7-24(13-17(25)23-18-14(3)10-9-11-15(18)4)19(26)21(22)12-16(27-8-2)20(21,5)6;/h9-11,16H,7-8,12-13,22H2,1-6H3,(H,23,25);1H. The maximum absolute atomic E-state index is 13.1. The summed E-state index contributed by atoms with van der Waals surface area (Å²) in [6, 6.07) is 5.85.